The number of carbonyl (C=O) groups excluding carboxylic acids is 1. The van der Waals surface area contributed by atoms with Gasteiger partial charge in [-0.05, 0) is 6.92 Å². The van der Waals surface area contributed by atoms with Crippen LogP contribution in [0.15, 0.2) is 12.4 Å². The number of hydrogen-bond donors (Lipinski definition) is 1. The molecule has 0 saturated heterocycles. The summed E-state index contributed by atoms with van der Waals surface area (Å²) in [5.74, 6) is -0.777. The Hall–Kier alpha value is -2.03. The van der Waals surface area contributed by atoms with E-state index in [1.54, 1.807) is 17.1 Å². The van der Waals surface area contributed by atoms with Crippen LogP contribution in [0.4, 0.5) is 13.2 Å². The first-order chi connectivity index (χ1) is 10.2. The summed E-state index contributed by atoms with van der Waals surface area (Å²) >= 11 is 5.64. The van der Waals surface area contributed by atoms with Crippen molar-refractivity contribution in [1.29, 1.82) is 0 Å². The molecule has 2 aromatic rings. The van der Waals surface area contributed by atoms with Crippen molar-refractivity contribution in [1.82, 2.24) is 24.9 Å². The maximum absolute atomic E-state index is 12.8. The first-order valence-corrected chi connectivity index (χ1v) is 6.71. The molecule has 0 bridgehead atoms. The van der Waals surface area contributed by atoms with Gasteiger partial charge in [-0.2, -0.15) is 23.4 Å². The van der Waals surface area contributed by atoms with Crippen LogP contribution in [0.2, 0.25) is 5.02 Å². The first kappa shape index (κ1) is 16.3. The second-order valence-corrected chi connectivity index (χ2v) is 4.90. The molecule has 0 radical (unpaired) electrons. The maximum Gasteiger partial charge on any atom is 0.434 e. The number of alkyl halides is 3. The standard InChI is InChI=1S/C12H13ClF3N5O/c1-3-21-6-7(5-18-21)4-17-11(22)9-8(13)10(12(14,15)16)20(2)19-9/h5-6H,3-4H2,1-2H3,(H,17,22). The van der Waals surface area contributed by atoms with Gasteiger partial charge >= 0.3 is 6.18 Å². The fourth-order valence-electron chi connectivity index (χ4n) is 1.89. The molecule has 0 unspecified atom stereocenters. The second kappa shape index (κ2) is 5.99. The van der Waals surface area contributed by atoms with E-state index in [4.69, 9.17) is 11.6 Å². The van der Waals surface area contributed by atoms with E-state index >= 15 is 0 Å². The second-order valence-electron chi connectivity index (χ2n) is 4.52. The van der Waals surface area contributed by atoms with Crippen molar-refractivity contribution < 1.29 is 18.0 Å². The molecule has 0 aliphatic rings. The minimum atomic E-state index is -4.68. The minimum Gasteiger partial charge on any atom is -0.346 e. The lowest BCUT2D eigenvalue weighted by Crippen LogP contribution is -2.23. The minimum absolute atomic E-state index is 0.118. The number of nitrogens with one attached hydrogen (secondary N) is 1. The molecule has 6 nitrogen and oxygen atoms in total. The summed E-state index contributed by atoms with van der Waals surface area (Å²) in [4.78, 5) is 11.9. The van der Waals surface area contributed by atoms with Gasteiger partial charge in [-0.25, -0.2) is 0 Å². The molecule has 0 aromatic carbocycles. The van der Waals surface area contributed by atoms with Gasteiger partial charge in [-0.1, -0.05) is 11.6 Å². The van der Waals surface area contributed by atoms with E-state index in [-0.39, 0.29) is 6.54 Å². The fourth-order valence-corrected chi connectivity index (χ4v) is 2.24. The van der Waals surface area contributed by atoms with Gasteiger partial charge in [0.25, 0.3) is 5.91 Å². The Kier molecular flexibility index (Phi) is 4.45. The number of aromatic nitrogens is 4. The van der Waals surface area contributed by atoms with Crippen LogP contribution in [0.3, 0.4) is 0 Å². The molecule has 1 N–H and O–H groups in total. The highest BCUT2D eigenvalue weighted by Gasteiger charge is 2.39. The molecule has 2 heterocycles. The summed E-state index contributed by atoms with van der Waals surface area (Å²) in [5.41, 5.74) is -0.893. The third-order valence-corrected chi connectivity index (χ3v) is 3.29. The van der Waals surface area contributed by atoms with Gasteiger partial charge in [0, 0.05) is 31.9 Å². The highest BCUT2D eigenvalue weighted by molar-refractivity contribution is 6.34. The topological polar surface area (TPSA) is 64.7 Å². The van der Waals surface area contributed by atoms with Crippen molar-refractivity contribution in [3.8, 4) is 0 Å². The Morgan fingerprint density at radius 2 is 2.14 bits per heavy atom. The maximum atomic E-state index is 12.8. The van der Waals surface area contributed by atoms with Crippen molar-refractivity contribution in [2.75, 3.05) is 0 Å². The van der Waals surface area contributed by atoms with Crippen LogP contribution in [0, 0.1) is 0 Å². The Balaban J connectivity index is 2.13. The molecule has 0 aliphatic heterocycles. The van der Waals surface area contributed by atoms with E-state index in [1.807, 2.05) is 6.92 Å². The first-order valence-electron chi connectivity index (χ1n) is 6.33. The molecule has 0 fully saturated rings. The van der Waals surface area contributed by atoms with Gasteiger partial charge in [0.05, 0.1) is 6.20 Å². The lowest BCUT2D eigenvalue weighted by molar-refractivity contribution is -0.143. The monoisotopic (exact) mass is 335 g/mol. The molecular formula is C12H13ClF3N5O. The largest absolute Gasteiger partial charge is 0.434 e. The lowest BCUT2D eigenvalue weighted by Gasteiger charge is -2.06. The number of amides is 1. The number of hydrogen-bond acceptors (Lipinski definition) is 3. The number of nitrogens with zero attached hydrogens (tertiary/aromatic N) is 4. The van der Waals surface area contributed by atoms with Crippen molar-refractivity contribution in [3.05, 3.63) is 34.4 Å². The molecule has 0 aliphatic carbocycles. The van der Waals surface area contributed by atoms with Crippen LogP contribution in [0.5, 0.6) is 0 Å². The SMILES string of the molecule is CCn1cc(CNC(=O)c2nn(C)c(C(F)(F)F)c2Cl)cn1. The van der Waals surface area contributed by atoms with E-state index in [0.717, 1.165) is 12.6 Å². The fraction of sp³-hybridized carbons (Fsp3) is 0.417. The van der Waals surface area contributed by atoms with Crippen LogP contribution in [-0.4, -0.2) is 25.5 Å². The average Bonchev–Trinajstić information content (AvgIpc) is 2.99. The van der Waals surface area contributed by atoms with Crippen molar-refractivity contribution in [3.63, 3.8) is 0 Å². The summed E-state index contributed by atoms with van der Waals surface area (Å²) in [6, 6.07) is 0. The zero-order chi connectivity index (χ0) is 16.5. The molecule has 10 heteroatoms. The smallest absolute Gasteiger partial charge is 0.346 e. The van der Waals surface area contributed by atoms with Gasteiger partial charge in [0.1, 0.15) is 5.02 Å². The van der Waals surface area contributed by atoms with E-state index in [2.05, 4.69) is 15.5 Å². The van der Waals surface area contributed by atoms with E-state index in [9.17, 15) is 18.0 Å². The molecular weight excluding hydrogens is 323 g/mol. The number of carbonyl (C=O) groups is 1. The average molecular weight is 336 g/mol. The van der Waals surface area contributed by atoms with Gasteiger partial charge in [0.2, 0.25) is 0 Å². The van der Waals surface area contributed by atoms with Crippen molar-refractivity contribution in [2.24, 2.45) is 7.05 Å². The van der Waals surface area contributed by atoms with E-state index in [1.165, 1.54) is 0 Å². The molecule has 1 amide bonds. The number of rotatable bonds is 4. The Bertz CT molecular complexity index is 691. The summed E-state index contributed by atoms with van der Waals surface area (Å²) < 4.78 is 40.6. The Morgan fingerprint density at radius 3 is 2.64 bits per heavy atom. The molecule has 120 valence electrons. The molecule has 0 saturated carbocycles. The molecule has 2 aromatic heterocycles. The quantitative estimate of drug-likeness (QED) is 0.932. The van der Waals surface area contributed by atoms with Gasteiger partial charge in [-0.15, -0.1) is 0 Å². The number of aryl methyl sites for hydroxylation is 2. The van der Waals surface area contributed by atoms with Crippen LogP contribution in [0.1, 0.15) is 28.7 Å². The van der Waals surface area contributed by atoms with Gasteiger partial charge in [0.15, 0.2) is 11.4 Å². The van der Waals surface area contributed by atoms with Crippen molar-refractivity contribution in [2.45, 2.75) is 26.2 Å². The number of halogens is 4. The molecule has 22 heavy (non-hydrogen) atoms. The molecule has 0 atom stereocenters. The van der Waals surface area contributed by atoms with Gasteiger partial charge in [-0.3, -0.25) is 14.2 Å². The summed E-state index contributed by atoms with van der Waals surface area (Å²) in [6.07, 6.45) is -1.40. The summed E-state index contributed by atoms with van der Waals surface area (Å²) in [7, 11) is 1.08. The van der Waals surface area contributed by atoms with Gasteiger partial charge < -0.3 is 5.32 Å². The third kappa shape index (κ3) is 3.24. The van der Waals surface area contributed by atoms with Crippen LogP contribution in [-0.2, 0) is 26.3 Å². The van der Waals surface area contributed by atoms with E-state index in [0.29, 0.717) is 11.2 Å². The highest BCUT2D eigenvalue weighted by Crippen LogP contribution is 2.35. The summed E-state index contributed by atoms with van der Waals surface area (Å²) in [5, 5.41) is 9.32. The van der Waals surface area contributed by atoms with E-state index < -0.39 is 28.5 Å². The molecule has 0 spiro atoms. The zero-order valence-corrected chi connectivity index (χ0v) is 12.5. The Morgan fingerprint density at radius 1 is 1.45 bits per heavy atom. The predicted molar refractivity (Wildman–Crippen MR) is 72.3 cm³/mol. The lowest BCUT2D eigenvalue weighted by atomic mass is 10.3. The predicted octanol–water partition coefficient (Wildman–Crippen LogP) is 2.24. The molecule has 2 rings (SSSR count). The van der Waals surface area contributed by atoms with Crippen LogP contribution in [0.25, 0.3) is 0 Å². The normalized spacial score (nSPS) is 11.7. The van der Waals surface area contributed by atoms with Crippen LogP contribution >= 0.6 is 11.6 Å². The Labute approximate surface area is 128 Å². The third-order valence-electron chi connectivity index (χ3n) is 2.94. The van der Waals surface area contributed by atoms with Crippen molar-refractivity contribution >= 4 is 17.5 Å². The highest BCUT2D eigenvalue weighted by atomic mass is 35.5. The summed E-state index contributed by atoms with van der Waals surface area (Å²) in [6.45, 7) is 2.70. The van der Waals surface area contributed by atoms with Crippen LogP contribution < -0.4 is 5.32 Å². The zero-order valence-electron chi connectivity index (χ0n) is 11.8.